The molecule has 2 aromatic carbocycles. The molecule has 40 heavy (non-hydrogen) atoms. The van der Waals surface area contributed by atoms with Gasteiger partial charge in [-0.1, -0.05) is 134 Å². The molecule has 1 aliphatic rings. The second-order valence-corrected chi connectivity index (χ2v) is 15.0. The van der Waals surface area contributed by atoms with Crippen molar-refractivity contribution in [3.8, 4) is 0 Å². The minimum atomic E-state index is 0.0281. The molecule has 0 saturated carbocycles. The molecule has 0 amide bonds. The summed E-state index contributed by atoms with van der Waals surface area (Å²) in [6, 6.07) is 9.91. The standard InChI is InChI=1S/C40H57/c1-23(2)29-19-34(25(5)6)38(35(20-29)26(7)8)31-16-32(18-33(17-31)40(13,14)15)39-36(27(9)10)21-30(24(3)4)22-37(39)28(11)12/h17-28H,1-15H3. The molecule has 0 aromatic heterocycles. The molecule has 0 heterocycles. The summed E-state index contributed by atoms with van der Waals surface area (Å²) in [6.07, 6.45) is 4.89. The van der Waals surface area contributed by atoms with E-state index in [0.29, 0.717) is 35.5 Å². The van der Waals surface area contributed by atoms with E-state index in [4.69, 9.17) is 0 Å². The van der Waals surface area contributed by atoms with Crippen molar-refractivity contribution >= 4 is 11.1 Å². The molecule has 3 rings (SSSR count). The summed E-state index contributed by atoms with van der Waals surface area (Å²) in [5, 5.41) is 0. The highest BCUT2D eigenvalue weighted by Gasteiger charge is 2.28. The molecule has 1 aliphatic carbocycles. The fourth-order valence-electron chi connectivity index (χ4n) is 5.81. The molecule has 0 aliphatic heterocycles. The number of rotatable bonds is 8. The van der Waals surface area contributed by atoms with Crippen molar-refractivity contribution in [2.24, 2.45) is 5.41 Å². The van der Waals surface area contributed by atoms with Crippen LogP contribution >= 0.6 is 0 Å². The van der Waals surface area contributed by atoms with Crippen LogP contribution in [0.4, 0.5) is 0 Å². The Bertz CT molecular complexity index is 1260. The lowest BCUT2D eigenvalue weighted by Gasteiger charge is -2.31. The Kier molecular flexibility index (Phi) is 9.90. The number of allylic oxidation sites excluding steroid dienone is 3. The summed E-state index contributed by atoms with van der Waals surface area (Å²) in [6.45, 7) is 35.1. The van der Waals surface area contributed by atoms with Crippen LogP contribution in [0.25, 0.3) is 11.1 Å². The minimum Gasteiger partial charge on any atom is -0.107 e. The van der Waals surface area contributed by atoms with E-state index < -0.39 is 0 Å². The van der Waals surface area contributed by atoms with Crippen molar-refractivity contribution in [1.82, 2.24) is 0 Å². The molecule has 0 bridgehead atoms. The van der Waals surface area contributed by atoms with E-state index in [2.05, 4.69) is 146 Å². The third kappa shape index (κ3) is 6.77. The molecule has 2 aromatic rings. The van der Waals surface area contributed by atoms with E-state index in [-0.39, 0.29) is 5.41 Å². The maximum atomic E-state index is 4.07. The first-order valence-corrected chi connectivity index (χ1v) is 15.9. The smallest absolute Gasteiger partial charge is 0.0250 e. The molecule has 0 atom stereocenters. The lowest BCUT2D eigenvalue weighted by Crippen LogP contribution is -2.15. The monoisotopic (exact) mass is 537 g/mol. The van der Waals surface area contributed by atoms with Crippen molar-refractivity contribution in [1.29, 1.82) is 0 Å². The predicted octanol–water partition coefficient (Wildman–Crippen LogP) is 12.7. The molecule has 0 fully saturated rings. The van der Waals surface area contributed by atoms with E-state index >= 15 is 0 Å². The van der Waals surface area contributed by atoms with Gasteiger partial charge < -0.3 is 0 Å². The zero-order valence-electron chi connectivity index (χ0n) is 28.4. The number of benzene rings is 2. The molecule has 0 N–H and O–H groups in total. The lowest BCUT2D eigenvalue weighted by atomic mass is 9.73. The summed E-state index contributed by atoms with van der Waals surface area (Å²) in [4.78, 5) is 0. The van der Waals surface area contributed by atoms with Crippen molar-refractivity contribution in [2.75, 3.05) is 0 Å². The third-order valence-electron chi connectivity index (χ3n) is 8.54. The first-order chi connectivity index (χ1) is 18.4. The Morgan fingerprint density at radius 1 is 0.475 bits per heavy atom. The average Bonchev–Trinajstić information content (AvgIpc) is 2.85. The molecular formula is C40H57. The first kappa shape index (κ1) is 32.2. The largest absolute Gasteiger partial charge is 0.107 e. The minimum absolute atomic E-state index is 0.0281. The maximum Gasteiger partial charge on any atom is 0.0250 e. The van der Waals surface area contributed by atoms with Gasteiger partial charge in [-0.25, -0.2) is 0 Å². The summed E-state index contributed by atoms with van der Waals surface area (Å²) < 4.78 is 0. The highest BCUT2D eigenvalue weighted by Crippen LogP contribution is 2.45. The van der Waals surface area contributed by atoms with Gasteiger partial charge in [0.1, 0.15) is 0 Å². The average molecular weight is 538 g/mol. The van der Waals surface area contributed by atoms with E-state index in [9.17, 15) is 0 Å². The van der Waals surface area contributed by atoms with Gasteiger partial charge in [0.05, 0.1) is 0 Å². The molecular weight excluding hydrogens is 480 g/mol. The van der Waals surface area contributed by atoms with Crippen LogP contribution in [0.3, 0.4) is 0 Å². The Balaban J connectivity index is 2.55. The topological polar surface area (TPSA) is 0 Å². The summed E-state index contributed by atoms with van der Waals surface area (Å²) in [5.41, 5.74) is 19.5. The molecule has 0 nitrogen and oxygen atoms in total. The van der Waals surface area contributed by atoms with E-state index in [0.717, 1.165) is 0 Å². The summed E-state index contributed by atoms with van der Waals surface area (Å²) >= 11 is 0. The van der Waals surface area contributed by atoms with Crippen molar-refractivity contribution in [3.63, 3.8) is 0 Å². The molecule has 0 heteroatoms. The number of hydrogen-bond acceptors (Lipinski definition) is 0. The van der Waals surface area contributed by atoms with Gasteiger partial charge in [0, 0.05) is 17.6 Å². The van der Waals surface area contributed by atoms with Gasteiger partial charge in [-0.2, -0.15) is 0 Å². The van der Waals surface area contributed by atoms with Crippen LogP contribution in [0.15, 0.2) is 41.6 Å². The second kappa shape index (κ2) is 12.3. The Morgan fingerprint density at radius 3 is 1.07 bits per heavy atom. The predicted molar refractivity (Wildman–Crippen MR) is 180 cm³/mol. The van der Waals surface area contributed by atoms with Crippen LogP contribution in [0.5, 0.6) is 0 Å². The van der Waals surface area contributed by atoms with Crippen LogP contribution < -0.4 is 0 Å². The number of hydrogen-bond donors (Lipinski definition) is 0. The van der Waals surface area contributed by atoms with Gasteiger partial charge in [-0.15, -0.1) is 5.73 Å². The van der Waals surface area contributed by atoms with Crippen molar-refractivity contribution in [2.45, 2.75) is 139 Å². The van der Waals surface area contributed by atoms with Crippen LogP contribution in [0, 0.1) is 11.8 Å². The zero-order valence-corrected chi connectivity index (χ0v) is 28.4. The highest BCUT2D eigenvalue weighted by molar-refractivity contribution is 5.92. The van der Waals surface area contributed by atoms with E-state index in [1.807, 2.05) is 0 Å². The van der Waals surface area contributed by atoms with Gasteiger partial charge in [0.2, 0.25) is 0 Å². The van der Waals surface area contributed by atoms with E-state index in [1.165, 1.54) is 61.2 Å². The first-order valence-electron chi connectivity index (χ1n) is 15.9. The Labute approximate surface area is 248 Å². The fourth-order valence-corrected chi connectivity index (χ4v) is 5.81. The Hall–Kier alpha value is -2.30. The zero-order chi connectivity index (χ0) is 30.3. The summed E-state index contributed by atoms with van der Waals surface area (Å²) in [7, 11) is 0. The normalized spacial score (nSPS) is 14.7. The SMILES string of the molecule is CC(C)c1cc(C(C)C)c(C2=C=C(c3c(C(C)C)cc(C(C)C)cc3C(C)C)C=C(C(C)(C)C)[CH]2)c(C(C)C)c1. The quantitative estimate of drug-likeness (QED) is 0.294. The van der Waals surface area contributed by atoms with Gasteiger partial charge in [-0.3, -0.25) is 0 Å². The van der Waals surface area contributed by atoms with Gasteiger partial charge in [0.15, 0.2) is 0 Å². The molecule has 217 valence electrons. The molecule has 0 unspecified atom stereocenters. The van der Waals surface area contributed by atoms with Gasteiger partial charge in [0.25, 0.3) is 0 Å². The molecule has 0 spiro atoms. The van der Waals surface area contributed by atoms with Crippen LogP contribution in [-0.4, -0.2) is 0 Å². The van der Waals surface area contributed by atoms with Crippen LogP contribution in [0.2, 0.25) is 0 Å². The van der Waals surface area contributed by atoms with Gasteiger partial charge >= 0.3 is 0 Å². The van der Waals surface area contributed by atoms with Crippen molar-refractivity contribution in [3.05, 3.63) is 92.6 Å². The van der Waals surface area contributed by atoms with Crippen molar-refractivity contribution < 1.29 is 0 Å². The molecule has 0 saturated heterocycles. The summed E-state index contributed by atoms with van der Waals surface area (Å²) in [5.74, 6) is 2.75. The fraction of sp³-hybridized carbons (Fsp3) is 0.550. The third-order valence-corrected chi connectivity index (χ3v) is 8.54. The Morgan fingerprint density at radius 2 is 0.800 bits per heavy atom. The van der Waals surface area contributed by atoms with E-state index in [1.54, 1.807) is 0 Å². The highest BCUT2D eigenvalue weighted by atomic mass is 14.3. The second-order valence-electron chi connectivity index (χ2n) is 15.0. The van der Waals surface area contributed by atoms with Crippen LogP contribution in [0.1, 0.15) is 184 Å². The maximum absolute atomic E-state index is 4.07. The van der Waals surface area contributed by atoms with Crippen LogP contribution in [-0.2, 0) is 0 Å². The lowest BCUT2D eigenvalue weighted by molar-refractivity contribution is 0.512. The van der Waals surface area contributed by atoms with Gasteiger partial charge in [-0.05, 0) is 91.5 Å². The molecule has 1 radical (unpaired) electrons.